The largest absolute Gasteiger partial charge is 0.481 e. The van der Waals surface area contributed by atoms with Crippen molar-refractivity contribution < 1.29 is 18.7 Å². The van der Waals surface area contributed by atoms with Crippen molar-refractivity contribution >= 4 is 16.9 Å². The summed E-state index contributed by atoms with van der Waals surface area (Å²) >= 11 is 0. The number of aryl methyl sites for hydroxylation is 3. The summed E-state index contributed by atoms with van der Waals surface area (Å²) in [6.45, 7) is 2.36. The SMILES string of the molecule is COC(=O)COc1cc2c(c3c1cc(C)n3Cc1ccccc1F)CCC2. The summed E-state index contributed by atoms with van der Waals surface area (Å²) in [6.07, 6.45) is 3.09. The van der Waals surface area contributed by atoms with Gasteiger partial charge in [-0.25, -0.2) is 9.18 Å². The van der Waals surface area contributed by atoms with Crippen molar-refractivity contribution in [2.24, 2.45) is 0 Å². The molecule has 0 amide bonds. The van der Waals surface area contributed by atoms with Crippen molar-refractivity contribution in [2.75, 3.05) is 13.7 Å². The van der Waals surface area contributed by atoms with Gasteiger partial charge in [0.2, 0.25) is 0 Å². The first-order valence-corrected chi connectivity index (χ1v) is 9.16. The lowest BCUT2D eigenvalue weighted by Gasteiger charge is -2.14. The number of halogens is 1. The summed E-state index contributed by atoms with van der Waals surface area (Å²) < 4.78 is 26.8. The molecule has 0 fully saturated rings. The molecule has 0 aliphatic heterocycles. The lowest BCUT2D eigenvalue weighted by atomic mass is 10.1. The van der Waals surface area contributed by atoms with Crippen molar-refractivity contribution in [2.45, 2.75) is 32.7 Å². The highest BCUT2D eigenvalue weighted by molar-refractivity contribution is 5.92. The van der Waals surface area contributed by atoms with Crippen LogP contribution in [0.3, 0.4) is 0 Å². The van der Waals surface area contributed by atoms with Gasteiger partial charge in [0.1, 0.15) is 11.6 Å². The number of carbonyl (C=O) groups excluding carboxylic acids is 1. The average Bonchev–Trinajstić information content (AvgIpc) is 3.25. The van der Waals surface area contributed by atoms with Crippen LogP contribution in [0.15, 0.2) is 36.4 Å². The van der Waals surface area contributed by atoms with Gasteiger partial charge in [0.25, 0.3) is 0 Å². The van der Waals surface area contributed by atoms with Gasteiger partial charge in [-0.1, -0.05) is 18.2 Å². The lowest BCUT2D eigenvalue weighted by Crippen LogP contribution is -2.13. The smallest absolute Gasteiger partial charge is 0.343 e. The number of benzene rings is 2. The maximum Gasteiger partial charge on any atom is 0.343 e. The van der Waals surface area contributed by atoms with Crippen LogP contribution in [-0.4, -0.2) is 24.3 Å². The number of nitrogens with zero attached hydrogens (tertiary/aromatic N) is 1. The van der Waals surface area contributed by atoms with Crippen LogP contribution in [0.4, 0.5) is 4.39 Å². The zero-order chi connectivity index (χ0) is 19.0. The van der Waals surface area contributed by atoms with Gasteiger partial charge in [0.15, 0.2) is 6.61 Å². The predicted molar refractivity (Wildman–Crippen MR) is 102 cm³/mol. The van der Waals surface area contributed by atoms with Gasteiger partial charge in [0.05, 0.1) is 19.2 Å². The third-order valence-corrected chi connectivity index (χ3v) is 5.28. The van der Waals surface area contributed by atoms with Gasteiger partial charge in [-0.05, 0) is 55.5 Å². The molecule has 0 N–H and O–H groups in total. The molecule has 0 saturated heterocycles. The molecule has 1 aromatic heterocycles. The number of ether oxygens (including phenoxy) is 2. The topological polar surface area (TPSA) is 40.5 Å². The van der Waals surface area contributed by atoms with Gasteiger partial charge in [0, 0.05) is 16.6 Å². The van der Waals surface area contributed by atoms with Gasteiger partial charge in [-0.2, -0.15) is 0 Å². The zero-order valence-corrected chi connectivity index (χ0v) is 15.5. The predicted octanol–water partition coefficient (Wildman–Crippen LogP) is 4.18. The Labute approximate surface area is 157 Å². The Morgan fingerprint density at radius 2 is 2.04 bits per heavy atom. The quantitative estimate of drug-likeness (QED) is 0.635. The van der Waals surface area contributed by atoms with E-state index in [2.05, 4.69) is 15.4 Å². The maximum atomic E-state index is 14.2. The zero-order valence-electron chi connectivity index (χ0n) is 15.5. The molecule has 0 atom stereocenters. The van der Waals surface area contributed by atoms with Crippen LogP contribution in [0, 0.1) is 12.7 Å². The summed E-state index contributed by atoms with van der Waals surface area (Å²) in [7, 11) is 1.35. The van der Waals surface area contributed by atoms with Crippen LogP contribution in [0.25, 0.3) is 10.9 Å². The summed E-state index contributed by atoms with van der Waals surface area (Å²) in [5, 5.41) is 0.966. The minimum absolute atomic E-state index is 0.123. The molecule has 0 radical (unpaired) electrons. The molecule has 2 aromatic carbocycles. The number of esters is 1. The van der Waals surface area contributed by atoms with Crippen molar-refractivity contribution in [3.8, 4) is 5.75 Å². The first-order valence-electron chi connectivity index (χ1n) is 9.16. The van der Waals surface area contributed by atoms with Crippen molar-refractivity contribution in [1.29, 1.82) is 0 Å². The third kappa shape index (κ3) is 3.18. The van der Waals surface area contributed by atoms with E-state index < -0.39 is 5.97 Å². The fraction of sp³-hybridized carbons (Fsp3) is 0.318. The highest BCUT2D eigenvalue weighted by Gasteiger charge is 2.22. The molecule has 0 unspecified atom stereocenters. The number of carbonyl (C=O) groups is 1. The molecule has 140 valence electrons. The lowest BCUT2D eigenvalue weighted by molar-refractivity contribution is -0.142. The van der Waals surface area contributed by atoms with E-state index in [1.807, 2.05) is 25.1 Å². The Hall–Kier alpha value is -2.82. The first-order chi connectivity index (χ1) is 13.1. The second-order valence-corrected chi connectivity index (χ2v) is 6.96. The molecule has 1 aliphatic rings. The summed E-state index contributed by atoms with van der Waals surface area (Å²) in [5.41, 5.74) is 5.34. The summed E-state index contributed by atoms with van der Waals surface area (Å²) in [4.78, 5) is 11.5. The fourth-order valence-corrected chi connectivity index (χ4v) is 3.94. The fourth-order valence-electron chi connectivity index (χ4n) is 3.94. The molecule has 4 rings (SSSR count). The Balaban J connectivity index is 1.83. The Bertz CT molecular complexity index is 1020. The highest BCUT2D eigenvalue weighted by atomic mass is 19.1. The molecular weight excluding hydrogens is 345 g/mol. The van der Waals surface area contributed by atoms with E-state index >= 15 is 0 Å². The number of methoxy groups -OCH3 is 1. The van der Waals surface area contributed by atoms with Crippen LogP contribution in [0.5, 0.6) is 5.75 Å². The van der Waals surface area contributed by atoms with Crippen molar-refractivity contribution in [1.82, 2.24) is 4.57 Å². The van der Waals surface area contributed by atoms with E-state index in [9.17, 15) is 9.18 Å². The minimum atomic E-state index is -0.411. The van der Waals surface area contributed by atoms with Gasteiger partial charge in [-0.3, -0.25) is 0 Å². The van der Waals surface area contributed by atoms with Gasteiger partial charge >= 0.3 is 5.97 Å². The van der Waals surface area contributed by atoms with Crippen LogP contribution >= 0.6 is 0 Å². The van der Waals surface area contributed by atoms with E-state index in [0.717, 1.165) is 35.9 Å². The molecular formula is C22H22FNO3. The Kier molecular flexibility index (Phi) is 4.60. The summed E-state index contributed by atoms with van der Waals surface area (Å²) in [6, 6.07) is 11.0. The van der Waals surface area contributed by atoms with E-state index in [0.29, 0.717) is 17.9 Å². The monoisotopic (exact) mass is 367 g/mol. The molecule has 1 aliphatic carbocycles. The minimum Gasteiger partial charge on any atom is -0.481 e. The Morgan fingerprint density at radius 1 is 1.22 bits per heavy atom. The molecule has 0 bridgehead atoms. The normalized spacial score (nSPS) is 13.0. The second kappa shape index (κ2) is 7.06. The second-order valence-electron chi connectivity index (χ2n) is 6.96. The molecule has 5 heteroatoms. The molecule has 3 aromatic rings. The van der Waals surface area contributed by atoms with E-state index in [1.54, 1.807) is 6.07 Å². The number of hydrogen-bond acceptors (Lipinski definition) is 3. The van der Waals surface area contributed by atoms with Gasteiger partial charge < -0.3 is 14.0 Å². The molecule has 27 heavy (non-hydrogen) atoms. The number of hydrogen-bond donors (Lipinski definition) is 0. The van der Waals surface area contributed by atoms with E-state index in [-0.39, 0.29) is 12.4 Å². The Morgan fingerprint density at radius 3 is 2.81 bits per heavy atom. The molecule has 0 saturated carbocycles. The van der Waals surface area contributed by atoms with Crippen molar-refractivity contribution in [3.05, 3.63) is 64.6 Å². The molecule has 1 heterocycles. The number of rotatable bonds is 5. The summed E-state index contributed by atoms with van der Waals surface area (Å²) in [5.74, 6) is 0.0751. The molecule has 0 spiro atoms. The highest BCUT2D eigenvalue weighted by Crippen LogP contribution is 2.38. The van der Waals surface area contributed by atoms with E-state index in [1.165, 1.54) is 24.3 Å². The van der Waals surface area contributed by atoms with Crippen molar-refractivity contribution in [3.63, 3.8) is 0 Å². The van der Waals surface area contributed by atoms with Crippen LogP contribution in [0.1, 0.15) is 28.8 Å². The standard InChI is InChI=1S/C22H22FNO3/c1-14-10-18-20(27-13-21(25)26-2)11-15-7-5-8-17(15)22(18)24(14)12-16-6-3-4-9-19(16)23/h3-4,6,9-11H,5,7-8,12-13H2,1-2H3. The van der Waals surface area contributed by atoms with Crippen LogP contribution < -0.4 is 4.74 Å². The third-order valence-electron chi connectivity index (χ3n) is 5.28. The number of aromatic nitrogens is 1. The first kappa shape index (κ1) is 17.6. The van der Waals surface area contributed by atoms with Gasteiger partial charge in [-0.15, -0.1) is 0 Å². The van der Waals surface area contributed by atoms with Crippen LogP contribution in [0.2, 0.25) is 0 Å². The average molecular weight is 367 g/mol. The maximum absolute atomic E-state index is 14.2. The van der Waals surface area contributed by atoms with Crippen LogP contribution in [-0.2, 0) is 28.9 Å². The molecule has 4 nitrogen and oxygen atoms in total. The number of fused-ring (bicyclic) bond motifs is 3. The van der Waals surface area contributed by atoms with E-state index in [4.69, 9.17) is 4.74 Å².